The number of thioether (sulfide) groups is 1. The quantitative estimate of drug-likeness (QED) is 0.297. The van der Waals surface area contributed by atoms with E-state index in [1.807, 2.05) is 0 Å². The van der Waals surface area contributed by atoms with Gasteiger partial charge < -0.3 is 16.2 Å². The van der Waals surface area contributed by atoms with Crippen LogP contribution in [0.1, 0.15) is 23.9 Å². The number of ether oxygens (including phenoxy) is 1. The highest BCUT2D eigenvalue weighted by Gasteiger charge is 2.29. The maximum atomic E-state index is 12.4. The smallest absolute Gasteiger partial charge is 0.213 e. The number of rotatable bonds is 9. The second kappa shape index (κ2) is 9.65. The SMILES string of the molecule is [B]C([B])(Sc1nc(N)cc(N)n1)c1nc(-c2ccnc(OCCF)c2)sc1CCC. The van der Waals surface area contributed by atoms with Gasteiger partial charge in [-0.05, 0) is 17.0 Å². The highest BCUT2D eigenvalue weighted by Crippen LogP contribution is 2.41. The monoisotopic (exact) mass is 440 g/mol. The van der Waals surface area contributed by atoms with E-state index in [2.05, 4.69) is 21.9 Å². The van der Waals surface area contributed by atoms with Crippen molar-refractivity contribution in [1.82, 2.24) is 19.9 Å². The summed E-state index contributed by atoms with van der Waals surface area (Å²) in [4.78, 5) is 18.0. The first-order chi connectivity index (χ1) is 14.3. The highest BCUT2D eigenvalue weighted by molar-refractivity contribution is 8.02. The summed E-state index contributed by atoms with van der Waals surface area (Å²) < 4.78 is 16.2. The molecule has 152 valence electrons. The van der Waals surface area contributed by atoms with Crippen LogP contribution in [0.5, 0.6) is 5.88 Å². The first kappa shape index (κ1) is 22.4. The van der Waals surface area contributed by atoms with Crippen molar-refractivity contribution in [1.29, 1.82) is 0 Å². The zero-order valence-electron chi connectivity index (χ0n) is 16.3. The molecule has 12 heteroatoms. The minimum Gasteiger partial charge on any atom is -0.475 e. The molecule has 0 bridgehead atoms. The molecular weight excluding hydrogens is 421 g/mol. The van der Waals surface area contributed by atoms with E-state index in [1.165, 1.54) is 17.4 Å². The van der Waals surface area contributed by atoms with Gasteiger partial charge >= 0.3 is 0 Å². The third-order valence-electron chi connectivity index (χ3n) is 3.86. The zero-order valence-corrected chi connectivity index (χ0v) is 18.0. The molecule has 0 aliphatic rings. The Bertz CT molecular complexity index is 1000. The van der Waals surface area contributed by atoms with Crippen LogP contribution in [0.2, 0.25) is 0 Å². The number of nitrogens with two attached hydrogens (primary N) is 2. The summed E-state index contributed by atoms with van der Waals surface area (Å²) in [5.41, 5.74) is 12.8. The first-order valence-electron chi connectivity index (χ1n) is 9.14. The Labute approximate surface area is 185 Å². The van der Waals surface area contributed by atoms with Crippen LogP contribution in [0, 0.1) is 0 Å². The standard InChI is InChI=1S/C18H19B2FN6OS2/c1-2-3-11-15(18(19,20)30-17-25-12(22)9-13(23)26-17)27-16(29-11)10-4-6-24-14(8-10)28-7-5-21/h4,6,8-9H,2-3,5,7H2,1H3,(H4,22,23,25,26). The number of nitrogens with zero attached hydrogens (tertiary/aromatic N) is 4. The van der Waals surface area contributed by atoms with E-state index in [9.17, 15) is 4.39 Å². The van der Waals surface area contributed by atoms with Gasteiger partial charge in [0.05, 0.1) is 21.4 Å². The lowest BCUT2D eigenvalue weighted by molar-refractivity contribution is 0.264. The van der Waals surface area contributed by atoms with Gasteiger partial charge in [-0.2, -0.15) is 0 Å². The number of aromatic nitrogens is 4. The molecule has 0 amide bonds. The van der Waals surface area contributed by atoms with Gasteiger partial charge in [-0.3, -0.25) is 0 Å². The average Bonchev–Trinajstić information content (AvgIpc) is 3.11. The lowest BCUT2D eigenvalue weighted by Crippen LogP contribution is -2.25. The molecule has 0 saturated heterocycles. The van der Waals surface area contributed by atoms with Crippen LogP contribution in [0.3, 0.4) is 0 Å². The average molecular weight is 440 g/mol. The van der Waals surface area contributed by atoms with E-state index < -0.39 is 11.2 Å². The number of halogens is 1. The number of hydrogen-bond donors (Lipinski definition) is 2. The molecule has 0 aliphatic carbocycles. The highest BCUT2D eigenvalue weighted by atomic mass is 32.2. The van der Waals surface area contributed by atoms with Crippen molar-refractivity contribution < 1.29 is 9.13 Å². The second-order valence-corrected chi connectivity index (χ2v) is 8.68. The Morgan fingerprint density at radius 2 is 1.93 bits per heavy atom. The molecule has 4 radical (unpaired) electrons. The zero-order chi connectivity index (χ0) is 21.7. The number of aryl methyl sites for hydroxylation is 1. The molecule has 30 heavy (non-hydrogen) atoms. The maximum absolute atomic E-state index is 12.4. The Morgan fingerprint density at radius 1 is 1.20 bits per heavy atom. The third kappa shape index (κ3) is 5.42. The minimum atomic E-state index is -1.40. The van der Waals surface area contributed by atoms with Gasteiger partial charge in [-0.25, -0.2) is 24.3 Å². The topological polar surface area (TPSA) is 113 Å². The van der Waals surface area contributed by atoms with Crippen LogP contribution in [0.4, 0.5) is 16.0 Å². The molecule has 3 heterocycles. The Morgan fingerprint density at radius 3 is 2.60 bits per heavy atom. The van der Waals surface area contributed by atoms with Crippen molar-refractivity contribution in [3.05, 3.63) is 35.0 Å². The van der Waals surface area contributed by atoms with Gasteiger partial charge in [-0.15, -0.1) is 11.3 Å². The molecule has 0 unspecified atom stereocenters. The van der Waals surface area contributed by atoms with Crippen molar-refractivity contribution in [2.24, 2.45) is 0 Å². The second-order valence-electron chi connectivity index (χ2n) is 6.36. The maximum Gasteiger partial charge on any atom is 0.213 e. The predicted molar refractivity (Wildman–Crippen MR) is 121 cm³/mol. The summed E-state index contributed by atoms with van der Waals surface area (Å²) in [6.45, 7) is 1.40. The van der Waals surface area contributed by atoms with Crippen molar-refractivity contribution in [2.45, 2.75) is 29.5 Å². The van der Waals surface area contributed by atoms with Gasteiger partial charge in [-0.1, -0.05) is 25.1 Å². The van der Waals surface area contributed by atoms with E-state index in [0.29, 0.717) is 16.6 Å². The fourth-order valence-electron chi connectivity index (χ4n) is 2.65. The van der Waals surface area contributed by atoms with Gasteiger partial charge in [0.25, 0.3) is 0 Å². The lowest BCUT2D eigenvalue weighted by Gasteiger charge is -2.23. The molecule has 0 saturated carbocycles. The lowest BCUT2D eigenvalue weighted by atomic mass is 9.67. The fourth-order valence-corrected chi connectivity index (χ4v) is 4.82. The summed E-state index contributed by atoms with van der Waals surface area (Å²) in [6, 6.07) is 4.95. The molecule has 0 aromatic carbocycles. The molecule has 0 aliphatic heterocycles. The summed E-state index contributed by atoms with van der Waals surface area (Å²) in [5, 5.41) is 0.968. The Hall–Kier alpha value is -2.33. The summed E-state index contributed by atoms with van der Waals surface area (Å²) >= 11 is 2.51. The molecule has 0 spiro atoms. The number of alkyl halides is 1. The number of hydrogen-bond acceptors (Lipinski definition) is 9. The first-order valence-corrected chi connectivity index (χ1v) is 10.8. The molecule has 3 rings (SSSR count). The van der Waals surface area contributed by atoms with Crippen LogP contribution in [-0.2, 0) is 11.0 Å². The minimum absolute atomic E-state index is 0.0602. The third-order valence-corrected chi connectivity index (χ3v) is 5.92. The van der Waals surface area contributed by atoms with Crippen molar-refractivity contribution in [2.75, 3.05) is 24.7 Å². The number of nitrogen functional groups attached to an aromatic ring is 2. The van der Waals surface area contributed by atoms with E-state index in [0.717, 1.165) is 35.0 Å². The normalized spacial score (nSPS) is 11.5. The summed E-state index contributed by atoms with van der Waals surface area (Å²) in [6.07, 6.45) is 3.22. The van der Waals surface area contributed by atoms with Crippen LogP contribution < -0.4 is 16.2 Å². The summed E-state index contributed by atoms with van der Waals surface area (Å²) in [5.74, 6) is 0.779. The van der Waals surface area contributed by atoms with Crippen molar-refractivity contribution >= 4 is 50.4 Å². The molecular formula is C18H19B2FN6OS2. The van der Waals surface area contributed by atoms with Crippen LogP contribution >= 0.6 is 23.1 Å². The van der Waals surface area contributed by atoms with Crippen molar-refractivity contribution in [3.8, 4) is 16.5 Å². The molecule has 4 N–H and O–H groups in total. The summed E-state index contributed by atoms with van der Waals surface area (Å²) in [7, 11) is 12.9. The van der Waals surface area contributed by atoms with Crippen LogP contribution in [0.25, 0.3) is 10.6 Å². The van der Waals surface area contributed by atoms with Gasteiger partial charge in [0.1, 0.15) is 29.9 Å². The van der Waals surface area contributed by atoms with Crippen molar-refractivity contribution in [3.63, 3.8) is 0 Å². The number of pyridine rings is 1. The molecule has 0 atom stereocenters. The van der Waals surface area contributed by atoms with Crippen LogP contribution in [-0.4, -0.2) is 48.9 Å². The van der Waals surface area contributed by atoms with Gasteiger partial charge in [0.2, 0.25) is 5.88 Å². The molecule has 3 aromatic rings. The predicted octanol–water partition coefficient (Wildman–Crippen LogP) is 2.70. The molecule has 0 fully saturated rings. The largest absolute Gasteiger partial charge is 0.475 e. The van der Waals surface area contributed by atoms with E-state index >= 15 is 0 Å². The van der Waals surface area contributed by atoms with E-state index in [4.69, 9.17) is 36.9 Å². The fraction of sp³-hybridized carbons (Fsp3) is 0.333. The van der Waals surface area contributed by atoms with Gasteiger partial charge in [0, 0.05) is 28.8 Å². The van der Waals surface area contributed by atoms with Gasteiger partial charge in [0.15, 0.2) is 5.16 Å². The van der Waals surface area contributed by atoms with E-state index in [-0.39, 0.29) is 23.4 Å². The Kier molecular flexibility index (Phi) is 7.19. The molecule has 7 nitrogen and oxygen atoms in total. The van der Waals surface area contributed by atoms with Crippen LogP contribution in [0.15, 0.2) is 29.6 Å². The molecule has 3 aromatic heterocycles. The Balaban J connectivity index is 1.95. The number of anilines is 2. The van der Waals surface area contributed by atoms with E-state index in [1.54, 1.807) is 18.3 Å². The number of thiazole rings is 1.